The zero-order valence-corrected chi connectivity index (χ0v) is 47.1. The van der Waals surface area contributed by atoms with Crippen molar-refractivity contribution in [3.8, 4) is 0 Å². The number of rotatable bonds is 13. The van der Waals surface area contributed by atoms with Crippen LogP contribution in [0.15, 0.2) is 11.6 Å². The molecule has 11 rings (SSSR count). The van der Waals surface area contributed by atoms with Crippen molar-refractivity contribution in [1.29, 1.82) is 0 Å². The van der Waals surface area contributed by atoms with Crippen LogP contribution in [0.25, 0.3) is 0 Å². The van der Waals surface area contributed by atoms with Crippen molar-refractivity contribution in [1.82, 2.24) is 0 Å². The molecule has 0 radical (unpaired) electrons. The summed E-state index contributed by atoms with van der Waals surface area (Å²) in [5.41, 5.74) is 1.37. The fourth-order valence-electron chi connectivity index (χ4n) is 16.7. The Labute approximate surface area is 476 Å². The quantitative estimate of drug-likeness (QED) is 0.0796. The lowest BCUT2D eigenvalue weighted by Crippen LogP contribution is -2.69. The van der Waals surface area contributed by atoms with E-state index in [9.17, 15) is 71.5 Å². The summed E-state index contributed by atoms with van der Waals surface area (Å²) in [6.45, 7) is 8.38. The van der Waals surface area contributed by atoms with Crippen LogP contribution in [0.5, 0.6) is 0 Å². The van der Waals surface area contributed by atoms with Gasteiger partial charge < -0.3 is 128 Å². The van der Waals surface area contributed by atoms with Crippen LogP contribution in [0.3, 0.4) is 0 Å². The zero-order valence-electron chi connectivity index (χ0n) is 47.1. The first-order valence-corrected chi connectivity index (χ1v) is 29.8. The number of hydrogen-bond acceptors (Lipinski definition) is 26. The van der Waals surface area contributed by atoms with Crippen LogP contribution >= 0.6 is 0 Å². The fourth-order valence-corrected chi connectivity index (χ4v) is 16.7. The summed E-state index contributed by atoms with van der Waals surface area (Å²) in [4.78, 5) is 0. The third-order valence-electron chi connectivity index (χ3n) is 21.5. The second kappa shape index (κ2) is 24.2. The number of fused-ring (bicyclic) bond motifs is 7. The Kier molecular flexibility index (Phi) is 18.4. The van der Waals surface area contributed by atoms with Gasteiger partial charge in [0.15, 0.2) is 37.2 Å². The van der Waals surface area contributed by atoms with E-state index in [-0.39, 0.29) is 16.9 Å². The Balaban J connectivity index is 0.781. The fraction of sp³-hybridized carbons (Fsp3) is 0.964. The lowest BCUT2D eigenvalue weighted by molar-refractivity contribution is -0.408. The Bertz CT molecular complexity index is 2190. The van der Waals surface area contributed by atoms with E-state index in [2.05, 4.69) is 33.8 Å². The summed E-state index contributed by atoms with van der Waals surface area (Å²) < 4.78 is 73.4. The first kappa shape index (κ1) is 62.3. The van der Waals surface area contributed by atoms with Crippen LogP contribution in [0.1, 0.15) is 92.4 Å². The Hall–Kier alpha value is -1.30. The molecule has 11 aliphatic rings. The molecule has 0 aromatic carbocycles. The summed E-state index contributed by atoms with van der Waals surface area (Å²) >= 11 is 0. The molecule has 14 N–H and O–H groups in total. The van der Waals surface area contributed by atoms with Gasteiger partial charge in [0.2, 0.25) is 0 Å². The third kappa shape index (κ3) is 10.8. The lowest BCUT2D eigenvalue weighted by atomic mass is 9.47. The molecule has 26 heteroatoms. The van der Waals surface area contributed by atoms with Gasteiger partial charge in [-0.2, -0.15) is 0 Å². The molecule has 10 fully saturated rings. The van der Waals surface area contributed by atoms with E-state index in [0.29, 0.717) is 48.3 Å². The number of ether oxygens (including phenoxy) is 12. The Morgan fingerprint density at radius 2 is 1.12 bits per heavy atom. The van der Waals surface area contributed by atoms with Crippen LogP contribution in [0, 0.1) is 46.3 Å². The van der Waals surface area contributed by atoms with Crippen molar-refractivity contribution in [2.75, 3.05) is 33.0 Å². The molecule has 1 spiro atoms. The normalized spacial score (nSPS) is 56.9. The molecule has 0 aromatic rings. The van der Waals surface area contributed by atoms with E-state index < -0.39 is 186 Å². The number of aliphatic hydroxyl groups is 14. The average Bonchev–Trinajstić information content (AvgIpc) is 1.73. The van der Waals surface area contributed by atoms with Crippen molar-refractivity contribution < 1.29 is 128 Å². The molecule has 7 heterocycles. The number of hydrogen-bond donors (Lipinski definition) is 14. The van der Waals surface area contributed by atoms with Crippen molar-refractivity contribution >= 4 is 0 Å². The third-order valence-corrected chi connectivity index (χ3v) is 21.5. The zero-order chi connectivity index (χ0) is 58.6. The van der Waals surface area contributed by atoms with Crippen molar-refractivity contribution in [3.63, 3.8) is 0 Å². The van der Waals surface area contributed by atoms with Gasteiger partial charge in [0.1, 0.15) is 110 Å². The molecule has 4 aliphatic carbocycles. The second-order valence-corrected chi connectivity index (χ2v) is 26.2. The van der Waals surface area contributed by atoms with E-state index in [0.717, 1.165) is 51.6 Å². The van der Waals surface area contributed by atoms with Gasteiger partial charge in [-0.1, -0.05) is 39.3 Å². The molecular weight excluding hydrogens is 1090 g/mol. The van der Waals surface area contributed by atoms with Crippen molar-refractivity contribution in [2.45, 2.75) is 258 Å². The number of aliphatic hydroxyl groups excluding tert-OH is 14. The Morgan fingerprint density at radius 1 is 0.537 bits per heavy atom. The molecule has 0 unspecified atom stereocenters. The van der Waals surface area contributed by atoms with E-state index in [1.807, 2.05) is 0 Å². The van der Waals surface area contributed by atoms with Crippen molar-refractivity contribution in [2.24, 2.45) is 46.3 Å². The average molecular weight is 1180 g/mol. The second-order valence-electron chi connectivity index (χ2n) is 26.2. The minimum absolute atomic E-state index is 0.0773. The summed E-state index contributed by atoms with van der Waals surface area (Å²) in [5.74, 6) is 2.32. The maximum Gasteiger partial charge on any atom is 0.187 e. The molecule has 0 amide bonds. The van der Waals surface area contributed by atoms with E-state index >= 15 is 0 Å². The van der Waals surface area contributed by atoms with E-state index in [1.165, 1.54) is 12.5 Å². The maximum absolute atomic E-state index is 12.0. The Morgan fingerprint density at radius 3 is 1.77 bits per heavy atom. The standard InChI is InChI=1S/C56H90O26/c1-21-8-13-56(72-19-21)22(2)34-30(82-56)15-28-26-7-6-24-14-25(9-11-54(24,4)27(26)10-12-55(28,34)5)74-51-43(69)39(65)46(33(18-59)76-51)79-53-48(47(37(63)31(16-57)75-53)80-49-41(67)36(62)29(60)20-71-49)81-52-44(70)40(66)45(32(17-58)77-52)78-50-42(68)38(64)35(61)23(3)73-50/h6,21-23,25-53,57-70H,7-20H2,1-5H3/t21-,22-,23+,25+,26+,27-,28-,29-,30-,31-,32-,33-,34-,35+,36+,37-,38-,39-,40-,41-,42-,43-,44-,45-,46+,47+,48-,49+,50+,51-,52+,53+,54+,55-,56+/m1/s1. The van der Waals surface area contributed by atoms with Gasteiger partial charge in [-0.15, -0.1) is 0 Å². The van der Waals surface area contributed by atoms with Gasteiger partial charge in [0.25, 0.3) is 0 Å². The predicted octanol–water partition coefficient (Wildman–Crippen LogP) is -3.50. The van der Waals surface area contributed by atoms with Gasteiger partial charge in [0, 0.05) is 12.3 Å². The largest absolute Gasteiger partial charge is 0.394 e. The maximum atomic E-state index is 12.0. The van der Waals surface area contributed by atoms with Crippen LogP contribution in [-0.2, 0) is 56.8 Å². The van der Waals surface area contributed by atoms with E-state index in [4.69, 9.17) is 56.8 Å². The molecule has 3 saturated carbocycles. The predicted molar refractivity (Wildman–Crippen MR) is 273 cm³/mol. The van der Waals surface area contributed by atoms with Gasteiger partial charge in [-0.25, -0.2) is 0 Å². The molecule has 7 saturated heterocycles. The highest BCUT2D eigenvalue weighted by molar-refractivity contribution is 5.26. The summed E-state index contributed by atoms with van der Waals surface area (Å²) in [6, 6.07) is 0. The summed E-state index contributed by atoms with van der Waals surface area (Å²) in [7, 11) is 0. The van der Waals surface area contributed by atoms with Gasteiger partial charge in [0.05, 0.1) is 51.3 Å². The highest BCUT2D eigenvalue weighted by Gasteiger charge is 2.69. The molecule has 7 aliphatic heterocycles. The molecule has 26 nitrogen and oxygen atoms in total. The number of allylic oxidation sites excluding steroid dienone is 1. The highest BCUT2D eigenvalue weighted by Crippen LogP contribution is 2.71. The van der Waals surface area contributed by atoms with Crippen LogP contribution in [-0.4, -0.2) is 270 Å². The molecule has 470 valence electrons. The van der Waals surface area contributed by atoms with Crippen molar-refractivity contribution in [3.05, 3.63) is 11.6 Å². The minimum Gasteiger partial charge on any atom is -0.394 e. The van der Waals surface area contributed by atoms with Crippen LogP contribution < -0.4 is 0 Å². The SMILES string of the molecule is C[C@@H]1CC[C@]2(OC1)O[C@@H]1C[C@@H]3[C@H]4CC=C5C[C@@H](O[C@@H]6O[C@H](CO)[C@H](O[C@@H]7O[C@H](CO)[C@@H](O)[C@H](O[C@@H]8OC[C@@H](O)[C@H](O)[C@H]8O)[C@H]7O[C@@H]7O[C@H](CO)[C@@H](O[C@@H]8O[C@@H](C)[C@H](O)[C@@H](O)[C@H]8O)[C@H](O)[C@H]7O)[C@H](O)[C@H]6O)CC[C@]5(C)[C@@H]4CC[C@@]3(C)[C@@H]1[C@H]2C. The first-order valence-electron chi connectivity index (χ1n) is 29.8. The summed E-state index contributed by atoms with van der Waals surface area (Å²) in [5, 5.41) is 153. The van der Waals surface area contributed by atoms with Gasteiger partial charge >= 0.3 is 0 Å². The molecule has 82 heavy (non-hydrogen) atoms. The molecular formula is C56H90O26. The van der Waals surface area contributed by atoms with Crippen LogP contribution in [0.2, 0.25) is 0 Å². The topological polar surface area (TPSA) is 394 Å². The smallest absolute Gasteiger partial charge is 0.187 e. The first-order chi connectivity index (χ1) is 39.0. The lowest BCUT2D eigenvalue weighted by Gasteiger charge is -2.58. The molecule has 0 bridgehead atoms. The molecule has 0 aromatic heterocycles. The van der Waals surface area contributed by atoms with Gasteiger partial charge in [-0.3, -0.25) is 0 Å². The monoisotopic (exact) mass is 1180 g/mol. The van der Waals surface area contributed by atoms with E-state index in [1.54, 1.807) is 0 Å². The highest BCUT2D eigenvalue weighted by atomic mass is 16.8. The van der Waals surface area contributed by atoms with Crippen LogP contribution in [0.4, 0.5) is 0 Å². The van der Waals surface area contributed by atoms with Gasteiger partial charge in [-0.05, 0) is 98.7 Å². The minimum atomic E-state index is -2.14. The summed E-state index contributed by atoms with van der Waals surface area (Å²) in [6.07, 6.45) is -31.8. The molecule has 35 atom stereocenters.